The van der Waals surface area contributed by atoms with E-state index in [9.17, 15) is 34.8 Å². The van der Waals surface area contributed by atoms with Crippen LogP contribution in [-0.2, 0) is 19.1 Å². The van der Waals surface area contributed by atoms with Gasteiger partial charge in [-0.05, 0) is 12.2 Å². The lowest BCUT2D eigenvalue weighted by Crippen LogP contribution is -2.62. The summed E-state index contributed by atoms with van der Waals surface area (Å²) in [5.74, 6) is -1.05. The average Bonchev–Trinajstić information content (AvgIpc) is 2.77. The van der Waals surface area contributed by atoms with E-state index in [0.717, 1.165) is 12.2 Å². The van der Waals surface area contributed by atoms with E-state index in [1.54, 1.807) is 0 Å². The number of rotatable bonds is 13. The zero-order valence-electron chi connectivity index (χ0n) is 17.3. The van der Waals surface area contributed by atoms with Gasteiger partial charge in [0.05, 0.1) is 6.61 Å². The van der Waals surface area contributed by atoms with Gasteiger partial charge in [0.2, 0.25) is 17.7 Å². The minimum absolute atomic E-state index is 0.0141. The third-order valence-electron chi connectivity index (χ3n) is 4.66. The molecule has 1 aliphatic heterocycles. The van der Waals surface area contributed by atoms with Crippen molar-refractivity contribution in [1.29, 1.82) is 0 Å². The zero-order valence-corrected chi connectivity index (χ0v) is 17.3. The molecular formula is C19H32N4O8. The molecule has 1 rings (SSSR count). The number of hydrogen-bond acceptors (Lipinski definition) is 9. The summed E-state index contributed by atoms with van der Waals surface area (Å²) >= 11 is 0. The molecule has 0 aromatic heterocycles. The van der Waals surface area contributed by atoms with Crippen LogP contribution < -0.4 is 16.0 Å². The van der Waals surface area contributed by atoms with Gasteiger partial charge in [-0.25, -0.2) is 0 Å². The summed E-state index contributed by atoms with van der Waals surface area (Å²) in [5, 5.41) is 46.7. The molecule has 3 amide bonds. The van der Waals surface area contributed by atoms with Crippen molar-refractivity contribution in [3.05, 3.63) is 25.3 Å². The van der Waals surface area contributed by atoms with Crippen LogP contribution in [0.2, 0.25) is 0 Å². The van der Waals surface area contributed by atoms with Crippen LogP contribution in [0.25, 0.3) is 0 Å². The predicted octanol–water partition coefficient (Wildman–Crippen LogP) is -3.80. The fourth-order valence-electron chi connectivity index (χ4n) is 2.88. The molecule has 12 nitrogen and oxygen atoms in total. The van der Waals surface area contributed by atoms with E-state index in [4.69, 9.17) is 4.74 Å². The first kappa shape index (κ1) is 26.7. The SMILES string of the molecule is C=CC(=O)NCCN(CCNC(=O)C=C)C(=O)CCNC1OC(CO)C(O)C(O)C1O. The Balaban J connectivity index is 2.56. The molecule has 0 saturated carbocycles. The molecule has 0 aromatic rings. The highest BCUT2D eigenvalue weighted by Crippen LogP contribution is 2.19. The molecule has 1 saturated heterocycles. The highest BCUT2D eigenvalue weighted by Gasteiger charge is 2.43. The summed E-state index contributed by atoms with van der Waals surface area (Å²) in [7, 11) is 0. The number of amides is 3. The minimum atomic E-state index is -1.52. The fourth-order valence-corrected chi connectivity index (χ4v) is 2.88. The first-order chi connectivity index (χ1) is 14.7. The molecule has 12 heteroatoms. The molecule has 7 N–H and O–H groups in total. The van der Waals surface area contributed by atoms with E-state index < -0.39 is 37.3 Å². The third kappa shape index (κ3) is 8.73. The van der Waals surface area contributed by atoms with Gasteiger partial charge in [-0.3, -0.25) is 19.7 Å². The van der Waals surface area contributed by atoms with Gasteiger partial charge in [0.1, 0.15) is 30.6 Å². The lowest BCUT2D eigenvalue weighted by molar-refractivity contribution is -0.236. The van der Waals surface area contributed by atoms with Gasteiger partial charge in [0, 0.05) is 39.1 Å². The molecule has 0 bridgehead atoms. The molecule has 0 aliphatic carbocycles. The number of carbonyl (C=O) groups excluding carboxylic acids is 3. The number of aliphatic hydroxyl groups excluding tert-OH is 4. The Kier molecular flexibility index (Phi) is 11.9. The maximum Gasteiger partial charge on any atom is 0.243 e. The monoisotopic (exact) mass is 444 g/mol. The molecule has 1 fully saturated rings. The smallest absolute Gasteiger partial charge is 0.243 e. The molecule has 5 unspecified atom stereocenters. The number of aliphatic hydroxyl groups is 4. The van der Waals surface area contributed by atoms with E-state index >= 15 is 0 Å². The molecule has 0 radical (unpaired) electrons. The van der Waals surface area contributed by atoms with Crippen molar-refractivity contribution in [2.45, 2.75) is 37.1 Å². The van der Waals surface area contributed by atoms with E-state index in [0.29, 0.717) is 0 Å². The van der Waals surface area contributed by atoms with Gasteiger partial charge < -0.3 is 40.7 Å². The van der Waals surface area contributed by atoms with Gasteiger partial charge in [0.15, 0.2) is 0 Å². The Labute approximate surface area is 180 Å². The van der Waals surface area contributed by atoms with Gasteiger partial charge >= 0.3 is 0 Å². The second-order valence-corrected chi connectivity index (χ2v) is 6.82. The Hall–Kier alpha value is -2.35. The van der Waals surface area contributed by atoms with Crippen LogP contribution in [0.1, 0.15) is 6.42 Å². The summed E-state index contributed by atoms with van der Waals surface area (Å²) in [5.41, 5.74) is 0. The fraction of sp³-hybridized carbons (Fsp3) is 0.632. The van der Waals surface area contributed by atoms with E-state index in [-0.39, 0.29) is 56.9 Å². The van der Waals surface area contributed by atoms with Crippen LogP contribution in [0.4, 0.5) is 0 Å². The first-order valence-corrected chi connectivity index (χ1v) is 9.87. The van der Waals surface area contributed by atoms with Crippen LogP contribution in [0.5, 0.6) is 0 Å². The molecule has 31 heavy (non-hydrogen) atoms. The number of ether oxygens (including phenoxy) is 1. The highest BCUT2D eigenvalue weighted by molar-refractivity contribution is 5.87. The maximum absolute atomic E-state index is 12.6. The largest absolute Gasteiger partial charge is 0.394 e. The lowest BCUT2D eigenvalue weighted by Gasteiger charge is -2.40. The molecule has 0 aromatic carbocycles. The van der Waals surface area contributed by atoms with Crippen molar-refractivity contribution >= 4 is 17.7 Å². The summed E-state index contributed by atoms with van der Waals surface area (Å²) in [6.07, 6.45) is -4.36. The number of nitrogens with zero attached hydrogens (tertiary/aromatic N) is 1. The quantitative estimate of drug-likeness (QED) is 0.140. The molecule has 1 aliphatic rings. The van der Waals surface area contributed by atoms with Gasteiger partial charge in [-0.2, -0.15) is 0 Å². The van der Waals surface area contributed by atoms with Gasteiger partial charge in [0.25, 0.3) is 0 Å². The normalized spacial score (nSPS) is 25.4. The molecule has 1 heterocycles. The molecular weight excluding hydrogens is 412 g/mol. The van der Waals surface area contributed by atoms with Crippen LogP contribution >= 0.6 is 0 Å². The van der Waals surface area contributed by atoms with Crippen LogP contribution in [0, 0.1) is 0 Å². The van der Waals surface area contributed by atoms with Crippen molar-refractivity contribution in [1.82, 2.24) is 20.9 Å². The Morgan fingerprint density at radius 3 is 1.94 bits per heavy atom. The van der Waals surface area contributed by atoms with Crippen LogP contribution in [0.15, 0.2) is 25.3 Å². The molecule has 5 atom stereocenters. The van der Waals surface area contributed by atoms with Gasteiger partial charge in [-0.15, -0.1) is 0 Å². The van der Waals surface area contributed by atoms with Crippen LogP contribution in [-0.4, -0.2) is 113 Å². The number of hydrogen-bond donors (Lipinski definition) is 7. The summed E-state index contributed by atoms with van der Waals surface area (Å²) < 4.78 is 5.32. The Bertz CT molecular complexity index is 604. The zero-order chi connectivity index (χ0) is 23.4. The van der Waals surface area contributed by atoms with E-state index in [2.05, 4.69) is 29.1 Å². The molecule has 176 valence electrons. The van der Waals surface area contributed by atoms with Crippen molar-refractivity contribution in [3.63, 3.8) is 0 Å². The number of nitrogens with one attached hydrogen (secondary N) is 3. The number of carbonyl (C=O) groups is 3. The summed E-state index contributed by atoms with van der Waals surface area (Å²) in [4.78, 5) is 36.6. The lowest BCUT2D eigenvalue weighted by atomic mass is 9.98. The maximum atomic E-state index is 12.6. The predicted molar refractivity (Wildman–Crippen MR) is 109 cm³/mol. The van der Waals surface area contributed by atoms with Crippen molar-refractivity contribution in [3.8, 4) is 0 Å². The second kappa shape index (κ2) is 13.9. The van der Waals surface area contributed by atoms with E-state index in [1.807, 2.05) is 0 Å². The van der Waals surface area contributed by atoms with Crippen molar-refractivity contribution in [2.75, 3.05) is 39.3 Å². The Morgan fingerprint density at radius 1 is 0.903 bits per heavy atom. The molecule has 0 spiro atoms. The third-order valence-corrected chi connectivity index (χ3v) is 4.66. The highest BCUT2D eigenvalue weighted by atomic mass is 16.6. The Morgan fingerprint density at radius 2 is 1.45 bits per heavy atom. The minimum Gasteiger partial charge on any atom is -0.394 e. The van der Waals surface area contributed by atoms with E-state index in [1.165, 1.54) is 4.90 Å². The van der Waals surface area contributed by atoms with Crippen molar-refractivity contribution in [2.24, 2.45) is 0 Å². The average molecular weight is 444 g/mol. The van der Waals surface area contributed by atoms with Crippen molar-refractivity contribution < 1.29 is 39.5 Å². The standard InChI is InChI=1S/C19H32N4O8/c1-3-13(25)20-7-9-23(10-8-21-14(26)4-2)15(27)5-6-22-19-18(30)17(29)16(28)12(11-24)31-19/h3-4,12,16-19,22,24,28-30H,1-2,5-11H2,(H,20,25)(H,21,26). The summed E-state index contributed by atoms with van der Waals surface area (Å²) in [6, 6.07) is 0. The second-order valence-electron chi connectivity index (χ2n) is 6.82. The van der Waals surface area contributed by atoms with Gasteiger partial charge in [-0.1, -0.05) is 13.2 Å². The summed E-state index contributed by atoms with van der Waals surface area (Å²) in [6.45, 7) is 6.97. The van der Waals surface area contributed by atoms with Crippen LogP contribution in [0.3, 0.4) is 0 Å². The topological polar surface area (TPSA) is 181 Å². The first-order valence-electron chi connectivity index (χ1n) is 9.87.